The number of benzene rings is 2. The van der Waals surface area contributed by atoms with Crippen molar-refractivity contribution in [3.05, 3.63) is 115 Å². The molecule has 8 rings (SSSR count). The first-order valence-corrected chi connectivity index (χ1v) is 24.8. The third-order valence-electron chi connectivity index (χ3n) is 12.9. The number of aromatic carboxylic acids is 1. The summed E-state index contributed by atoms with van der Waals surface area (Å²) in [6.07, 6.45) is -6.08. The summed E-state index contributed by atoms with van der Waals surface area (Å²) in [7, 11) is 5.85. The molecule has 4 N–H and O–H groups in total. The van der Waals surface area contributed by atoms with Crippen LogP contribution in [0.1, 0.15) is 94.0 Å². The second kappa shape index (κ2) is 25.6. The van der Waals surface area contributed by atoms with Gasteiger partial charge in [0, 0.05) is 86.5 Å². The topological polar surface area (TPSA) is 217 Å². The number of halogens is 10. The summed E-state index contributed by atoms with van der Waals surface area (Å²) in [5.41, 5.74) is 0.762. The lowest BCUT2D eigenvalue weighted by Crippen LogP contribution is -2.39. The largest absolute Gasteiger partial charge is 0.573 e. The van der Waals surface area contributed by atoms with Gasteiger partial charge >= 0.3 is 30.6 Å². The van der Waals surface area contributed by atoms with Crippen molar-refractivity contribution in [2.24, 2.45) is 25.9 Å². The maximum Gasteiger partial charge on any atom is 0.573 e. The zero-order chi connectivity index (χ0) is 56.7. The molecule has 0 saturated carbocycles. The average molecular weight is 1170 g/mol. The van der Waals surface area contributed by atoms with Crippen LogP contribution >= 0.6 is 46.4 Å². The number of aryl methyl sites for hydroxylation is 2. The molecule has 17 nitrogen and oxygen atoms in total. The molecule has 2 aliphatic rings. The SMILES string of the molecule is COC(=O)CC1CCN(C(=O)c2cnc(Cl)c(C(O)c3cc4ccc(OC(F)(F)F)cc4n3C)c2Cl)CC1.COC(=O)CC1CCNCC1.Cn1c(C(O)c2c(Cl)ncc(C(=O)O)c2Cl)cc2ccc(OC(F)(F)F)cc21. The number of aliphatic hydroxyl groups is 2. The highest BCUT2D eigenvalue weighted by atomic mass is 35.5. The number of hydrogen-bond donors (Lipinski definition) is 4. The van der Waals surface area contributed by atoms with Crippen molar-refractivity contribution in [2.45, 2.75) is 63.5 Å². The van der Waals surface area contributed by atoms with E-state index >= 15 is 0 Å². The number of piperidine rings is 2. The van der Waals surface area contributed by atoms with Crippen LogP contribution in [-0.2, 0) is 33.2 Å². The predicted molar refractivity (Wildman–Crippen MR) is 270 cm³/mol. The first kappa shape index (κ1) is 60.2. The lowest BCUT2D eigenvalue weighted by molar-refractivity contribution is -0.275. The highest BCUT2D eigenvalue weighted by Gasteiger charge is 2.34. The molecule has 0 bridgehead atoms. The van der Waals surface area contributed by atoms with Gasteiger partial charge in [0.1, 0.15) is 34.0 Å². The number of fused-ring (bicyclic) bond motifs is 2. The number of carboxylic acid groups (broad SMARTS) is 1. The highest BCUT2D eigenvalue weighted by Crippen LogP contribution is 2.40. The van der Waals surface area contributed by atoms with E-state index in [4.69, 9.17) is 56.2 Å². The molecule has 27 heteroatoms. The number of likely N-dealkylation sites (tertiary alicyclic amines) is 1. The van der Waals surface area contributed by atoms with E-state index in [2.05, 4.69) is 29.5 Å². The van der Waals surface area contributed by atoms with E-state index in [1.54, 1.807) is 18.0 Å². The van der Waals surface area contributed by atoms with Gasteiger partial charge in [0.15, 0.2) is 0 Å². The van der Waals surface area contributed by atoms with Crippen molar-refractivity contribution in [3.63, 3.8) is 0 Å². The van der Waals surface area contributed by atoms with Crippen LogP contribution < -0.4 is 14.8 Å². The smallest absolute Gasteiger partial charge is 0.478 e. The Bertz CT molecular complexity index is 3120. The van der Waals surface area contributed by atoms with Crippen LogP contribution in [0.3, 0.4) is 0 Å². The summed E-state index contributed by atoms with van der Waals surface area (Å²) in [5.74, 6) is -2.29. The predicted octanol–water partition coefficient (Wildman–Crippen LogP) is 10.4. The van der Waals surface area contributed by atoms with Gasteiger partial charge in [-0.3, -0.25) is 14.4 Å². The van der Waals surface area contributed by atoms with Crippen molar-refractivity contribution >= 4 is 92.0 Å². The summed E-state index contributed by atoms with van der Waals surface area (Å²) >= 11 is 25.0. The van der Waals surface area contributed by atoms with Crippen LogP contribution in [0.4, 0.5) is 26.3 Å². The molecule has 2 fully saturated rings. The zero-order valence-corrected chi connectivity index (χ0v) is 44.3. The number of methoxy groups -OCH3 is 2. The molecule has 2 aliphatic heterocycles. The number of alkyl halides is 6. The number of carbonyl (C=O) groups excluding carboxylic acids is 3. The van der Waals surface area contributed by atoms with Gasteiger partial charge in [-0.25, -0.2) is 14.8 Å². The van der Waals surface area contributed by atoms with E-state index in [-0.39, 0.29) is 78.3 Å². The number of amides is 1. The summed E-state index contributed by atoms with van der Waals surface area (Å²) in [5, 5.41) is 34.8. The Morgan fingerprint density at radius 1 is 0.662 bits per heavy atom. The van der Waals surface area contributed by atoms with Gasteiger partial charge < -0.3 is 53.6 Å². The van der Waals surface area contributed by atoms with Gasteiger partial charge in [-0.05, 0) is 87.0 Å². The minimum absolute atomic E-state index is 0.00238. The first-order valence-electron chi connectivity index (χ1n) is 23.3. The summed E-state index contributed by atoms with van der Waals surface area (Å²) < 4.78 is 95.4. The Morgan fingerprint density at radius 3 is 1.47 bits per heavy atom. The van der Waals surface area contributed by atoms with E-state index in [0.717, 1.165) is 44.3 Å². The third-order valence-corrected chi connectivity index (χ3v) is 14.3. The quantitative estimate of drug-likeness (QED) is 0.0510. The number of hydrogen-bond acceptors (Lipinski definition) is 13. The van der Waals surface area contributed by atoms with Crippen LogP contribution in [-0.4, -0.2) is 116 Å². The summed E-state index contributed by atoms with van der Waals surface area (Å²) in [6.45, 7) is 2.90. The Labute approximate surface area is 455 Å². The molecule has 1 amide bonds. The van der Waals surface area contributed by atoms with Gasteiger partial charge in [0.2, 0.25) is 0 Å². The van der Waals surface area contributed by atoms with Gasteiger partial charge in [-0.15, -0.1) is 26.3 Å². The molecule has 2 unspecified atom stereocenters. The Morgan fingerprint density at radius 2 is 1.06 bits per heavy atom. The average Bonchev–Trinajstić information content (AvgIpc) is 3.88. The molecule has 6 heterocycles. The van der Waals surface area contributed by atoms with Crippen molar-refractivity contribution in [2.75, 3.05) is 40.4 Å². The number of aromatic nitrogens is 4. The first-order chi connectivity index (χ1) is 36.2. The molecule has 0 radical (unpaired) electrons. The van der Waals surface area contributed by atoms with E-state index in [9.17, 15) is 55.7 Å². The fourth-order valence-corrected chi connectivity index (χ4v) is 10.1. The van der Waals surface area contributed by atoms with Crippen LogP contribution in [0.15, 0.2) is 60.9 Å². The molecule has 77 heavy (non-hydrogen) atoms. The standard InChI is InChI=1S/C25H24Cl2F3N3O5.C17H11Cl2F3N2O4.C8H15NO2/c1-32-17-11-15(38-25(28,29)30)4-3-14(17)10-18(32)22(35)20-21(26)16(12-31-23(20)27)24(36)33-7-5-13(6-8-33)9-19(34)37-2;1-24-10-5-8(28-17(20,21)22)3-2-7(10)4-11(24)14(25)12-13(18)9(16(26)27)6-23-15(12)19;1-11-8(10)6-7-2-4-9-5-3-7/h3-4,10-13,22,35H,5-9H2,1-2H3;2-6,14,25H,1H3,(H,26,27);7,9H,2-6H2,1H3. The number of aliphatic hydroxyl groups excluding tert-OH is 2. The number of nitrogens with zero attached hydrogens (tertiary/aromatic N) is 5. The Hall–Kier alpha value is -6.08. The highest BCUT2D eigenvalue weighted by molar-refractivity contribution is 6.38. The molecule has 0 spiro atoms. The third kappa shape index (κ3) is 15.1. The fourth-order valence-electron chi connectivity index (χ4n) is 8.84. The summed E-state index contributed by atoms with van der Waals surface area (Å²) in [6, 6.07) is 10.6. The van der Waals surface area contributed by atoms with E-state index in [1.165, 1.54) is 66.9 Å². The Balaban J connectivity index is 0.000000214. The van der Waals surface area contributed by atoms with Crippen LogP contribution in [0.5, 0.6) is 11.5 Å². The van der Waals surface area contributed by atoms with Gasteiger partial charge in [0.05, 0.1) is 57.8 Å². The Kier molecular flexibility index (Phi) is 20.0. The minimum atomic E-state index is -4.85. The number of esters is 2. The van der Waals surface area contributed by atoms with Crippen LogP contribution in [0.25, 0.3) is 21.8 Å². The number of ether oxygens (including phenoxy) is 4. The van der Waals surface area contributed by atoms with E-state index < -0.39 is 48.3 Å². The number of rotatable bonds is 12. The van der Waals surface area contributed by atoms with Gasteiger partial charge in [0.25, 0.3) is 5.91 Å². The number of carboxylic acids is 1. The molecular weight excluding hydrogens is 1120 g/mol. The summed E-state index contributed by atoms with van der Waals surface area (Å²) in [4.78, 5) is 56.3. The maximum absolute atomic E-state index is 13.3. The van der Waals surface area contributed by atoms with Crippen molar-refractivity contribution in [1.82, 2.24) is 29.3 Å². The maximum atomic E-state index is 13.3. The molecule has 6 aromatic rings. The van der Waals surface area contributed by atoms with Crippen molar-refractivity contribution in [1.29, 1.82) is 0 Å². The molecule has 4 aromatic heterocycles. The lowest BCUT2D eigenvalue weighted by atomic mass is 9.93. The van der Waals surface area contributed by atoms with Gasteiger partial charge in [-0.1, -0.05) is 46.4 Å². The fraction of sp³-hybridized carbons (Fsp3) is 0.400. The molecule has 2 saturated heterocycles. The van der Waals surface area contributed by atoms with Crippen molar-refractivity contribution in [3.8, 4) is 11.5 Å². The molecule has 0 aliphatic carbocycles. The van der Waals surface area contributed by atoms with Crippen LogP contribution in [0, 0.1) is 11.8 Å². The number of nitrogens with one attached hydrogen (secondary N) is 1. The molecule has 2 atom stereocenters. The minimum Gasteiger partial charge on any atom is -0.478 e. The van der Waals surface area contributed by atoms with E-state index in [0.29, 0.717) is 60.1 Å². The second-order valence-corrected chi connectivity index (χ2v) is 19.2. The molecule has 2 aromatic carbocycles. The lowest BCUT2D eigenvalue weighted by Gasteiger charge is -2.32. The number of pyridine rings is 2. The normalized spacial score (nSPS) is 15.2. The van der Waals surface area contributed by atoms with Gasteiger partial charge in [-0.2, -0.15) is 0 Å². The van der Waals surface area contributed by atoms with Crippen molar-refractivity contribution < 1.29 is 79.8 Å². The number of carbonyl (C=O) groups is 4. The molecular formula is C50H50Cl4F6N6O11. The zero-order valence-electron chi connectivity index (χ0n) is 41.3. The van der Waals surface area contributed by atoms with Crippen LogP contribution in [0.2, 0.25) is 20.4 Å². The second-order valence-electron chi connectivity index (χ2n) is 17.8. The van der Waals surface area contributed by atoms with E-state index in [1.807, 2.05) is 0 Å². The molecule has 416 valence electrons. The monoisotopic (exact) mass is 1160 g/mol.